The summed E-state index contributed by atoms with van der Waals surface area (Å²) in [5.74, 6) is -0.441. The Morgan fingerprint density at radius 3 is 2.36 bits per heavy atom. The van der Waals surface area contributed by atoms with Gasteiger partial charge in [0.05, 0.1) is 13.0 Å². The monoisotopic (exact) mass is 485 g/mol. The summed E-state index contributed by atoms with van der Waals surface area (Å²) in [6.07, 6.45) is -1.12. The number of cyclic esters (lactones) is 1. The predicted molar refractivity (Wildman–Crippen MR) is 138 cm³/mol. The van der Waals surface area contributed by atoms with Crippen molar-refractivity contribution in [2.75, 3.05) is 5.32 Å². The summed E-state index contributed by atoms with van der Waals surface area (Å²) in [4.78, 5) is 40.2. The summed E-state index contributed by atoms with van der Waals surface area (Å²) < 4.78 is 5.74. The maximum Gasteiger partial charge on any atom is 0.411 e. The van der Waals surface area contributed by atoms with Crippen LogP contribution in [0.5, 0.6) is 0 Å². The summed E-state index contributed by atoms with van der Waals surface area (Å²) in [5, 5.41) is 5.83. The van der Waals surface area contributed by atoms with E-state index in [0.717, 1.165) is 16.7 Å². The molecule has 0 spiro atoms. The van der Waals surface area contributed by atoms with Crippen LogP contribution in [0, 0.1) is 6.92 Å². The van der Waals surface area contributed by atoms with E-state index in [1.54, 1.807) is 24.3 Å². The molecule has 2 atom stereocenters. The summed E-state index contributed by atoms with van der Waals surface area (Å²) in [6.45, 7) is 5.99. The first-order valence-corrected chi connectivity index (χ1v) is 12.1. The lowest BCUT2D eigenvalue weighted by Gasteiger charge is -2.25. The Labute approximate surface area is 211 Å². The van der Waals surface area contributed by atoms with E-state index >= 15 is 0 Å². The van der Waals surface area contributed by atoms with E-state index in [1.165, 1.54) is 4.90 Å². The van der Waals surface area contributed by atoms with E-state index in [-0.39, 0.29) is 30.8 Å². The Balaban J connectivity index is 1.56. The number of carbonyl (C=O) groups is 3. The van der Waals surface area contributed by atoms with Gasteiger partial charge in [0.15, 0.2) is 12.1 Å². The number of nitrogens with one attached hydrogen (secondary N) is 2. The van der Waals surface area contributed by atoms with Gasteiger partial charge in [-0.15, -0.1) is 0 Å². The molecule has 1 aliphatic rings. The standard InChI is InChI=1S/C29H31N3O4/c1-19(2)30-28(34)26-27(36-29(35)32(26)18-22-14-12-20(3)13-15-22)23-10-7-11-24(17-23)31-25(33)16-21-8-5-4-6-9-21/h4-15,17,19,26-27H,16,18H2,1-3H3,(H,30,34)(H,31,33)/t26-,27-/m1/s1. The lowest BCUT2D eigenvalue weighted by atomic mass is 9.99. The number of rotatable bonds is 8. The largest absolute Gasteiger partial charge is 0.438 e. The van der Waals surface area contributed by atoms with E-state index in [2.05, 4.69) is 10.6 Å². The zero-order valence-electron chi connectivity index (χ0n) is 20.7. The Morgan fingerprint density at radius 2 is 1.67 bits per heavy atom. The van der Waals surface area contributed by atoms with Crippen molar-refractivity contribution in [3.63, 3.8) is 0 Å². The average Bonchev–Trinajstić information content (AvgIpc) is 3.17. The number of benzene rings is 3. The molecule has 3 aromatic carbocycles. The Hall–Kier alpha value is -4.13. The fourth-order valence-corrected chi connectivity index (χ4v) is 4.25. The highest BCUT2D eigenvalue weighted by Gasteiger charge is 2.47. The quantitative estimate of drug-likeness (QED) is 0.481. The number of aryl methyl sites for hydroxylation is 1. The zero-order valence-corrected chi connectivity index (χ0v) is 20.7. The molecule has 186 valence electrons. The van der Waals surface area contributed by atoms with Crippen molar-refractivity contribution in [1.82, 2.24) is 10.2 Å². The number of anilines is 1. The second-order valence-corrected chi connectivity index (χ2v) is 9.36. The summed E-state index contributed by atoms with van der Waals surface area (Å²) in [7, 11) is 0. The lowest BCUT2D eigenvalue weighted by molar-refractivity contribution is -0.126. The predicted octanol–water partition coefficient (Wildman–Crippen LogP) is 4.76. The first-order chi connectivity index (χ1) is 17.3. The molecule has 0 aliphatic carbocycles. The van der Waals surface area contributed by atoms with Crippen molar-refractivity contribution in [1.29, 1.82) is 0 Å². The van der Waals surface area contributed by atoms with Crippen LogP contribution in [-0.4, -0.2) is 34.9 Å². The Bertz CT molecular complexity index is 1220. The molecule has 7 heteroatoms. The zero-order chi connectivity index (χ0) is 25.7. The second kappa shape index (κ2) is 11.1. The number of hydrogen-bond donors (Lipinski definition) is 2. The normalized spacial score (nSPS) is 17.1. The molecule has 3 aromatic rings. The maximum atomic E-state index is 13.3. The van der Waals surface area contributed by atoms with E-state index in [0.29, 0.717) is 11.3 Å². The minimum absolute atomic E-state index is 0.0984. The van der Waals surface area contributed by atoms with E-state index < -0.39 is 18.2 Å². The van der Waals surface area contributed by atoms with Gasteiger partial charge < -0.3 is 15.4 Å². The summed E-state index contributed by atoms with van der Waals surface area (Å²) in [5.41, 5.74) is 4.14. The molecule has 0 radical (unpaired) electrons. The highest BCUT2D eigenvalue weighted by Crippen LogP contribution is 2.35. The molecule has 4 rings (SSSR count). The molecular formula is C29H31N3O4. The fraction of sp³-hybridized carbons (Fsp3) is 0.276. The molecular weight excluding hydrogens is 454 g/mol. The number of hydrogen-bond acceptors (Lipinski definition) is 4. The van der Waals surface area contributed by atoms with Gasteiger partial charge in [0.1, 0.15) is 0 Å². The van der Waals surface area contributed by atoms with Crippen LogP contribution in [0.2, 0.25) is 0 Å². The van der Waals surface area contributed by atoms with Crippen molar-refractivity contribution in [3.8, 4) is 0 Å². The number of carbonyl (C=O) groups excluding carboxylic acids is 3. The van der Waals surface area contributed by atoms with Crippen LogP contribution in [0.3, 0.4) is 0 Å². The third-order valence-electron chi connectivity index (χ3n) is 5.96. The average molecular weight is 486 g/mol. The molecule has 0 bridgehead atoms. The van der Waals surface area contributed by atoms with Gasteiger partial charge in [-0.25, -0.2) is 4.79 Å². The van der Waals surface area contributed by atoms with Crippen LogP contribution >= 0.6 is 0 Å². The summed E-state index contributed by atoms with van der Waals surface area (Å²) >= 11 is 0. The molecule has 2 N–H and O–H groups in total. The lowest BCUT2D eigenvalue weighted by Crippen LogP contribution is -2.48. The molecule has 0 unspecified atom stereocenters. The number of nitrogens with zero attached hydrogens (tertiary/aromatic N) is 1. The van der Waals surface area contributed by atoms with Crippen molar-refractivity contribution < 1.29 is 19.1 Å². The third kappa shape index (κ3) is 6.10. The molecule has 0 aromatic heterocycles. The molecule has 1 heterocycles. The highest BCUT2D eigenvalue weighted by atomic mass is 16.6. The maximum absolute atomic E-state index is 13.3. The first kappa shape index (κ1) is 25.0. The van der Waals surface area contributed by atoms with Crippen molar-refractivity contribution in [2.45, 2.75) is 51.9 Å². The number of ether oxygens (including phenoxy) is 1. The van der Waals surface area contributed by atoms with Crippen LogP contribution in [-0.2, 0) is 27.3 Å². The minimum Gasteiger partial charge on any atom is -0.438 e. The molecule has 3 amide bonds. The third-order valence-corrected chi connectivity index (χ3v) is 5.96. The van der Waals surface area contributed by atoms with Gasteiger partial charge in [-0.3, -0.25) is 14.5 Å². The molecule has 36 heavy (non-hydrogen) atoms. The van der Waals surface area contributed by atoms with Crippen LogP contribution in [0.4, 0.5) is 10.5 Å². The topological polar surface area (TPSA) is 87.7 Å². The highest BCUT2D eigenvalue weighted by molar-refractivity contribution is 5.92. The molecule has 1 aliphatic heterocycles. The van der Waals surface area contributed by atoms with Crippen LogP contribution in [0.1, 0.15) is 42.2 Å². The SMILES string of the molecule is Cc1ccc(CN2C(=O)O[C@H](c3cccc(NC(=O)Cc4ccccc4)c3)[C@@H]2C(=O)NC(C)C)cc1. The summed E-state index contributed by atoms with van der Waals surface area (Å²) in [6, 6.07) is 23.5. The van der Waals surface area contributed by atoms with Gasteiger partial charge in [0.25, 0.3) is 0 Å². The first-order valence-electron chi connectivity index (χ1n) is 12.1. The second-order valence-electron chi connectivity index (χ2n) is 9.36. The molecule has 1 saturated heterocycles. The fourth-order valence-electron chi connectivity index (χ4n) is 4.25. The van der Waals surface area contributed by atoms with Crippen LogP contribution in [0.25, 0.3) is 0 Å². The Morgan fingerprint density at radius 1 is 0.944 bits per heavy atom. The van der Waals surface area contributed by atoms with Gasteiger partial charge >= 0.3 is 6.09 Å². The van der Waals surface area contributed by atoms with E-state index in [4.69, 9.17) is 4.74 Å². The van der Waals surface area contributed by atoms with Crippen LogP contribution < -0.4 is 10.6 Å². The van der Waals surface area contributed by atoms with E-state index in [1.807, 2.05) is 75.4 Å². The number of amides is 3. The van der Waals surface area contributed by atoms with E-state index in [9.17, 15) is 14.4 Å². The van der Waals surface area contributed by atoms with Gasteiger partial charge in [-0.05, 0) is 49.6 Å². The smallest absolute Gasteiger partial charge is 0.411 e. The molecule has 7 nitrogen and oxygen atoms in total. The van der Waals surface area contributed by atoms with Crippen molar-refractivity contribution in [2.24, 2.45) is 0 Å². The minimum atomic E-state index is -0.850. The van der Waals surface area contributed by atoms with Crippen LogP contribution in [0.15, 0.2) is 78.9 Å². The van der Waals surface area contributed by atoms with Gasteiger partial charge in [-0.1, -0.05) is 72.3 Å². The van der Waals surface area contributed by atoms with Crippen molar-refractivity contribution >= 4 is 23.6 Å². The molecule has 1 fully saturated rings. The molecule has 0 saturated carbocycles. The Kier molecular flexibility index (Phi) is 7.68. The van der Waals surface area contributed by atoms with Gasteiger partial charge in [0, 0.05) is 11.7 Å². The van der Waals surface area contributed by atoms with Crippen molar-refractivity contribution in [3.05, 3.63) is 101 Å². The van der Waals surface area contributed by atoms with Gasteiger partial charge in [-0.2, -0.15) is 0 Å². The van der Waals surface area contributed by atoms with Gasteiger partial charge in [0.2, 0.25) is 11.8 Å².